The van der Waals surface area contributed by atoms with Crippen LogP contribution in [0.25, 0.3) is 0 Å². The summed E-state index contributed by atoms with van der Waals surface area (Å²) in [6.07, 6.45) is 1.71. The van der Waals surface area contributed by atoms with Crippen molar-refractivity contribution in [1.29, 1.82) is 0 Å². The standard InChI is InChI=1S/C18H14BrN3O3S2/c1-10-15(17(24)25-2)27-18(21-10)22-16(23)12-5-3-4-6-13(12)26-14-8-7-11(19)9-20-14/h3-9H,1-2H3,(H,21,22,23). The molecule has 6 nitrogen and oxygen atoms in total. The fourth-order valence-corrected chi connectivity index (χ4v) is 4.17. The lowest BCUT2D eigenvalue weighted by atomic mass is 10.2. The minimum Gasteiger partial charge on any atom is -0.465 e. The first-order chi connectivity index (χ1) is 13.0. The van der Waals surface area contributed by atoms with E-state index >= 15 is 0 Å². The van der Waals surface area contributed by atoms with Crippen LogP contribution < -0.4 is 5.32 Å². The average molecular weight is 464 g/mol. The molecule has 1 amide bonds. The van der Waals surface area contributed by atoms with E-state index in [1.165, 1.54) is 18.9 Å². The van der Waals surface area contributed by atoms with E-state index in [1.54, 1.807) is 25.3 Å². The second-order valence-electron chi connectivity index (χ2n) is 5.29. The number of carbonyl (C=O) groups excluding carboxylic acids is 2. The van der Waals surface area contributed by atoms with E-state index in [1.807, 2.05) is 24.3 Å². The second-order valence-corrected chi connectivity index (χ2v) is 8.27. The van der Waals surface area contributed by atoms with Crippen molar-refractivity contribution < 1.29 is 14.3 Å². The fourth-order valence-electron chi connectivity index (χ4n) is 2.17. The SMILES string of the molecule is COC(=O)c1sc(NC(=O)c2ccccc2Sc2ccc(Br)cn2)nc1C. The number of ether oxygens (including phenoxy) is 1. The van der Waals surface area contributed by atoms with Crippen LogP contribution in [-0.4, -0.2) is 29.0 Å². The smallest absolute Gasteiger partial charge is 0.350 e. The molecule has 0 saturated heterocycles. The normalized spacial score (nSPS) is 10.5. The summed E-state index contributed by atoms with van der Waals surface area (Å²) < 4.78 is 5.61. The number of methoxy groups -OCH3 is 1. The molecule has 3 rings (SSSR count). The number of pyridine rings is 1. The maximum atomic E-state index is 12.7. The zero-order chi connectivity index (χ0) is 19.4. The van der Waals surface area contributed by atoms with Crippen LogP contribution >= 0.6 is 39.0 Å². The summed E-state index contributed by atoms with van der Waals surface area (Å²) in [6.45, 7) is 1.70. The van der Waals surface area contributed by atoms with E-state index in [2.05, 4.69) is 31.2 Å². The van der Waals surface area contributed by atoms with Gasteiger partial charge in [0.05, 0.1) is 18.4 Å². The average Bonchev–Trinajstić information content (AvgIpc) is 3.03. The van der Waals surface area contributed by atoms with Gasteiger partial charge in [0.2, 0.25) is 0 Å². The van der Waals surface area contributed by atoms with Crippen molar-refractivity contribution >= 4 is 56.0 Å². The minimum absolute atomic E-state index is 0.305. The molecule has 0 aliphatic heterocycles. The molecule has 3 aromatic rings. The van der Waals surface area contributed by atoms with Gasteiger partial charge in [-0.1, -0.05) is 35.2 Å². The largest absolute Gasteiger partial charge is 0.465 e. The molecular formula is C18H14BrN3O3S2. The second kappa shape index (κ2) is 8.64. The van der Waals surface area contributed by atoms with E-state index in [0.717, 1.165) is 25.7 Å². The van der Waals surface area contributed by atoms with Crippen LogP contribution in [0.2, 0.25) is 0 Å². The van der Waals surface area contributed by atoms with E-state index in [4.69, 9.17) is 4.74 Å². The Morgan fingerprint density at radius 1 is 1.22 bits per heavy atom. The van der Waals surface area contributed by atoms with Gasteiger partial charge in [0.15, 0.2) is 5.13 Å². The minimum atomic E-state index is -0.470. The number of rotatable bonds is 5. The van der Waals surface area contributed by atoms with Crippen molar-refractivity contribution in [2.45, 2.75) is 16.8 Å². The van der Waals surface area contributed by atoms with Crippen LogP contribution in [-0.2, 0) is 4.74 Å². The van der Waals surface area contributed by atoms with Gasteiger partial charge in [-0.15, -0.1) is 0 Å². The highest BCUT2D eigenvalue weighted by Gasteiger charge is 2.19. The third-order valence-electron chi connectivity index (χ3n) is 3.43. The number of esters is 1. The fraction of sp³-hybridized carbons (Fsp3) is 0.111. The van der Waals surface area contributed by atoms with Gasteiger partial charge in [0.25, 0.3) is 5.91 Å². The number of aromatic nitrogens is 2. The maximum absolute atomic E-state index is 12.7. The highest BCUT2D eigenvalue weighted by Crippen LogP contribution is 2.31. The summed E-state index contributed by atoms with van der Waals surface area (Å²) >= 11 is 5.83. The molecule has 0 unspecified atom stereocenters. The number of anilines is 1. The number of nitrogens with zero attached hydrogens (tertiary/aromatic N) is 2. The Bertz CT molecular complexity index is 990. The maximum Gasteiger partial charge on any atom is 0.350 e. The third-order valence-corrected chi connectivity index (χ3v) is 5.98. The molecule has 2 heterocycles. The van der Waals surface area contributed by atoms with Gasteiger partial charge in [-0.05, 0) is 47.1 Å². The summed E-state index contributed by atoms with van der Waals surface area (Å²) in [4.78, 5) is 34.1. The first-order valence-electron chi connectivity index (χ1n) is 7.73. The molecule has 0 fully saturated rings. The monoisotopic (exact) mass is 463 g/mol. The Hall–Kier alpha value is -2.23. The molecular weight excluding hydrogens is 450 g/mol. The highest BCUT2D eigenvalue weighted by atomic mass is 79.9. The summed E-state index contributed by atoms with van der Waals surface area (Å²) in [6, 6.07) is 11.0. The van der Waals surface area contributed by atoms with Gasteiger partial charge in [0.1, 0.15) is 9.90 Å². The van der Waals surface area contributed by atoms with Gasteiger partial charge in [-0.2, -0.15) is 0 Å². The number of thiazole rings is 1. The number of aryl methyl sites for hydroxylation is 1. The number of benzene rings is 1. The lowest BCUT2D eigenvalue weighted by Gasteiger charge is -2.08. The summed E-state index contributed by atoms with van der Waals surface area (Å²) in [5, 5.41) is 3.87. The Morgan fingerprint density at radius 2 is 2.00 bits per heavy atom. The topological polar surface area (TPSA) is 81.2 Å². The van der Waals surface area contributed by atoms with E-state index in [9.17, 15) is 9.59 Å². The van der Waals surface area contributed by atoms with Crippen molar-refractivity contribution in [3.8, 4) is 0 Å². The van der Waals surface area contributed by atoms with Gasteiger partial charge < -0.3 is 4.74 Å². The molecule has 1 aromatic carbocycles. The molecule has 27 heavy (non-hydrogen) atoms. The number of hydrogen-bond donors (Lipinski definition) is 1. The quantitative estimate of drug-likeness (QED) is 0.547. The van der Waals surface area contributed by atoms with Gasteiger partial charge in [-0.25, -0.2) is 14.8 Å². The van der Waals surface area contributed by atoms with E-state index in [-0.39, 0.29) is 5.91 Å². The number of amides is 1. The molecule has 0 spiro atoms. The van der Waals surface area contributed by atoms with Crippen LogP contribution in [0.1, 0.15) is 25.7 Å². The molecule has 2 aromatic heterocycles. The number of carbonyl (C=O) groups is 2. The van der Waals surface area contributed by atoms with Crippen molar-refractivity contribution in [3.63, 3.8) is 0 Å². The Labute approximate surface area is 172 Å². The zero-order valence-electron chi connectivity index (χ0n) is 14.4. The highest BCUT2D eigenvalue weighted by molar-refractivity contribution is 9.10. The molecule has 138 valence electrons. The van der Waals surface area contributed by atoms with Crippen LogP contribution in [0.15, 0.2) is 57.0 Å². The Kier molecular flexibility index (Phi) is 6.25. The van der Waals surface area contributed by atoms with E-state index < -0.39 is 5.97 Å². The molecule has 0 aliphatic rings. The molecule has 0 aliphatic carbocycles. The van der Waals surface area contributed by atoms with Crippen LogP contribution in [0.5, 0.6) is 0 Å². The Morgan fingerprint density at radius 3 is 2.70 bits per heavy atom. The van der Waals surface area contributed by atoms with Crippen LogP contribution in [0.4, 0.5) is 5.13 Å². The Balaban J connectivity index is 1.81. The number of nitrogens with one attached hydrogen (secondary N) is 1. The first kappa shape index (κ1) is 19.5. The van der Waals surface area contributed by atoms with Crippen molar-refractivity contribution in [2.75, 3.05) is 12.4 Å². The van der Waals surface area contributed by atoms with E-state index in [0.29, 0.717) is 21.3 Å². The number of halogens is 1. The summed E-state index contributed by atoms with van der Waals surface area (Å²) in [5.41, 5.74) is 1.02. The van der Waals surface area contributed by atoms with Gasteiger partial charge in [-0.3, -0.25) is 10.1 Å². The molecule has 0 radical (unpaired) electrons. The van der Waals surface area contributed by atoms with Crippen LogP contribution in [0, 0.1) is 6.92 Å². The lowest BCUT2D eigenvalue weighted by molar-refractivity contribution is 0.0605. The summed E-state index contributed by atoms with van der Waals surface area (Å²) in [5.74, 6) is -0.775. The van der Waals surface area contributed by atoms with Crippen LogP contribution in [0.3, 0.4) is 0 Å². The molecule has 9 heteroatoms. The predicted octanol–water partition coefficient (Wildman–Crippen LogP) is 4.80. The predicted molar refractivity (Wildman–Crippen MR) is 109 cm³/mol. The molecule has 0 saturated carbocycles. The first-order valence-corrected chi connectivity index (χ1v) is 10.2. The number of hydrogen-bond acceptors (Lipinski definition) is 7. The lowest BCUT2D eigenvalue weighted by Crippen LogP contribution is -2.12. The van der Waals surface area contributed by atoms with Crippen molar-refractivity contribution in [1.82, 2.24) is 9.97 Å². The third kappa shape index (κ3) is 4.74. The van der Waals surface area contributed by atoms with Gasteiger partial charge >= 0.3 is 5.97 Å². The zero-order valence-corrected chi connectivity index (χ0v) is 17.6. The molecule has 0 atom stereocenters. The molecule has 0 bridgehead atoms. The van der Waals surface area contributed by atoms with Gasteiger partial charge in [0, 0.05) is 15.6 Å². The summed E-state index contributed by atoms with van der Waals surface area (Å²) in [7, 11) is 1.31. The molecule has 1 N–H and O–H groups in total. The van der Waals surface area contributed by atoms with Crippen molar-refractivity contribution in [3.05, 3.63) is 63.2 Å². The van der Waals surface area contributed by atoms with Crippen molar-refractivity contribution in [2.24, 2.45) is 0 Å².